The van der Waals surface area contributed by atoms with Gasteiger partial charge in [0.15, 0.2) is 0 Å². The van der Waals surface area contributed by atoms with Crippen LogP contribution >= 0.6 is 11.6 Å². The molecule has 0 fully saturated rings. The van der Waals surface area contributed by atoms with Crippen LogP contribution in [0, 0.1) is 0 Å². The second-order valence-corrected chi connectivity index (χ2v) is 5.83. The first-order chi connectivity index (χ1) is 12.4. The van der Waals surface area contributed by atoms with Gasteiger partial charge in [-0.25, -0.2) is 9.59 Å². The van der Waals surface area contributed by atoms with Crippen LogP contribution in [0.1, 0.15) is 15.9 Å². The zero-order chi connectivity index (χ0) is 18.7. The molecule has 0 aliphatic rings. The molecule has 0 bridgehead atoms. The number of carbonyl (C=O) groups is 2. The molecule has 4 N–H and O–H groups in total. The van der Waals surface area contributed by atoms with Crippen LogP contribution in [0.5, 0.6) is 0 Å². The number of nitrogens with one attached hydrogen (secondary N) is 3. The number of benzene rings is 1. The summed E-state index contributed by atoms with van der Waals surface area (Å²) in [5.41, 5.74) is 0.371. The fourth-order valence-corrected chi connectivity index (χ4v) is 2.69. The van der Waals surface area contributed by atoms with Gasteiger partial charge < -0.3 is 20.7 Å². The van der Waals surface area contributed by atoms with Crippen LogP contribution < -0.4 is 16.2 Å². The number of aromatic amines is 1. The van der Waals surface area contributed by atoms with E-state index < -0.39 is 17.6 Å². The molecule has 0 aliphatic heterocycles. The third-order valence-electron chi connectivity index (χ3n) is 3.59. The summed E-state index contributed by atoms with van der Waals surface area (Å²) in [6.07, 6.45) is 3.09. The molecule has 8 nitrogen and oxygen atoms in total. The van der Waals surface area contributed by atoms with E-state index in [0.29, 0.717) is 27.2 Å². The van der Waals surface area contributed by atoms with E-state index in [-0.39, 0.29) is 12.1 Å². The molecule has 0 radical (unpaired) electrons. The number of rotatable bonds is 4. The number of carboxylic acid groups (broad SMARTS) is 1. The van der Waals surface area contributed by atoms with E-state index >= 15 is 0 Å². The molecule has 0 unspecified atom stereocenters. The van der Waals surface area contributed by atoms with Crippen molar-refractivity contribution in [3.63, 3.8) is 0 Å². The topological polar surface area (TPSA) is 124 Å². The number of nitrogens with zero attached hydrogens (tertiary/aromatic N) is 1. The molecule has 9 heteroatoms. The molecule has 0 atom stereocenters. The summed E-state index contributed by atoms with van der Waals surface area (Å²) in [7, 11) is 0. The normalized spacial score (nSPS) is 10.5. The average Bonchev–Trinajstić information content (AvgIpc) is 2.60. The van der Waals surface area contributed by atoms with Crippen LogP contribution in [0.3, 0.4) is 0 Å². The fraction of sp³-hybridized carbons (Fsp3) is 0.0588. The van der Waals surface area contributed by atoms with Gasteiger partial charge in [0.05, 0.1) is 17.4 Å². The smallest absolute Gasteiger partial charge is 0.341 e. The summed E-state index contributed by atoms with van der Waals surface area (Å²) in [4.78, 5) is 41.4. The van der Waals surface area contributed by atoms with Crippen LogP contribution in [0.4, 0.5) is 10.5 Å². The average molecular weight is 373 g/mol. The van der Waals surface area contributed by atoms with Crippen LogP contribution in [0.2, 0.25) is 5.02 Å². The quantitative estimate of drug-likeness (QED) is 0.560. The molecule has 2 amide bonds. The zero-order valence-electron chi connectivity index (χ0n) is 13.2. The van der Waals surface area contributed by atoms with Gasteiger partial charge in [0.1, 0.15) is 5.56 Å². The molecule has 0 saturated heterocycles. The van der Waals surface area contributed by atoms with E-state index in [0.717, 1.165) is 0 Å². The molecule has 2 aromatic heterocycles. The number of carbonyl (C=O) groups excluding carboxylic acids is 1. The maximum absolute atomic E-state index is 12.0. The predicted octanol–water partition coefficient (Wildman–Crippen LogP) is 2.60. The molecule has 0 aliphatic carbocycles. The number of halogens is 1. The van der Waals surface area contributed by atoms with Gasteiger partial charge in [-0.15, -0.1) is 0 Å². The van der Waals surface area contributed by atoms with Gasteiger partial charge in [0.2, 0.25) is 0 Å². The first kappa shape index (κ1) is 17.4. The zero-order valence-corrected chi connectivity index (χ0v) is 14.0. The largest absolute Gasteiger partial charge is 0.477 e. The van der Waals surface area contributed by atoms with Crippen molar-refractivity contribution in [2.24, 2.45) is 0 Å². The number of amides is 2. The van der Waals surface area contributed by atoms with Gasteiger partial charge in [-0.05, 0) is 35.9 Å². The third-order valence-corrected chi connectivity index (χ3v) is 3.81. The van der Waals surface area contributed by atoms with E-state index in [9.17, 15) is 14.4 Å². The minimum Gasteiger partial charge on any atom is -0.477 e. The number of H-pyrrole nitrogens is 1. The Morgan fingerprint density at radius 1 is 1.27 bits per heavy atom. The van der Waals surface area contributed by atoms with Crippen molar-refractivity contribution in [1.29, 1.82) is 0 Å². The lowest BCUT2D eigenvalue weighted by Gasteiger charge is -2.10. The van der Waals surface area contributed by atoms with Crippen molar-refractivity contribution < 1.29 is 14.7 Å². The number of urea groups is 1. The van der Waals surface area contributed by atoms with Crippen molar-refractivity contribution in [1.82, 2.24) is 15.3 Å². The van der Waals surface area contributed by atoms with Gasteiger partial charge in [-0.3, -0.25) is 9.78 Å². The monoisotopic (exact) mass is 372 g/mol. The summed E-state index contributed by atoms with van der Waals surface area (Å²) >= 11 is 6.06. The van der Waals surface area contributed by atoms with Gasteiger partial charge in [0, 0.05) is 23.2 Å². The molecule has 132 valence electrons. The Morgan fingerprint density at radius 2 is 2.08 bits per heavy atom. The molecule has 3 rings (SSSR count). The lowest BCUT2D eigenvalue weighted by atomic mass is 10.1. The summed E-state index contributed by atoms with van der Waals surface area (Å²) in [6.45, 7) is 0.0749. The minimum absolute atomic E-state index is 0.0749. The number of anilines is 1. The molecule has 3 aromatic rings. The highest BCUT2D eigenvalue weighted by Gasteiger charge is 2.13. The van der Waals surface area contributed by atoms with E-state index in [1.165, 1.54) is 12.3 Å². The lowest BCUT2D eigenvalue weighted by Crippen LogP contribution is -2.28. The SMILES string of the molecule is O=C(NCc1cc(Cl)cc2cc(C(=O)O)c(=O)[nH]c12)Nc1cccnc1. The van der Waals surface area contributed by atoms with E-state index in [1.807, 2.05) is 0 Å². The highest BCUT2D eigenvalue weighted by molar-refractivity contribution is 6.31. The number of aromatic carboxylic acids is 1. The van der Waals surface area contributed by atoms with Crippen molar-refractivity contribution in [3.05, 3.63) is 69.2 Å². The van der Waals surface area contributed by atoms with Crippen molar-refractivity contribution >= 4 is 40.2 Å². The fourth-order valence-electron chi connectivity index (χ4n) is 2.44. The Hall–Kier alpha value is -3.39. The molecule has 0 spiro atoms. The van der Waals surface area contributed by atoms with Gasteiger partial charge in [-0.1, -0.05) is 11.6 Å². The lowest BCUT2D eigenvalue weighted by molar-refractivity contribution is 0.0695. The highest BCUT2D eigenvalue weighted by Crippen LogP contribution is 2.22. The Kier molecular flexibility index (Phi) is 4.85. The van der Waals surface area contributed by atoms with Gasteiger partial charge in [0.25, 0.3) is 5.56 Å². The summed E-state index contributed by atoms with van der Waals surface area (Å²) < 4.78 is 0. The van der Waals surface area contributed by atoms with E-state index in [2.05, 4.69) is 20.6 Å². The van der Waals surface area contributed by atoms with Crippen molar-refractivity contribution in [2.45, 2.75) is 6.54 Å². The number of hydrogen-bond donors (Lipinski definition) is 4. The van der Waals surface area contributed by atoms with Crippen molar-refractivity contribution in [2.75, 3.05) is 5.32 Å². The summed E-state index contributed by atoms with van der Waals surface area (Å²) in [6, 6.07) is 7.29. The van der Waals surface area contributed by atoms with Gasteiger partial charge in [-0.2, -0.15) is 0 Å². The Labute approximate surface area is 151 Å². The maximum Gasteiger partial charge on any atom is 0.341 e. The number of pyridine rings is 2. The van der Waals surface area contributed by atoms with E-state index in [1.54, 1.807) is 30.5 Å². The number of carboxylic acids is 1. The predicted molar refractivity (Wildman–Crippen MR) is 96.6 cm³/mol. The first-order valence-corrected chi connectivity index (χ1v) is 7.85. The molecule has 2 heterocycles. The Morgan fingerprint density at radius 3 is 2.77 bits per heavy atom. The summed E-state index contributed by atoms with van der Waals surface area (Å²) in [5.74, 6) is -1.33. The standard InChI is InChI=1S/C17H13ClN4O4/c18-11-4-9-6-13(16(24)25)15(23)22-14(9)10(5-11)7-20-17(26)21-12-2-1-3-19-8-12/h1-6,8H,7H2,(H,22,23)(H,24,25)(H2,20,21,26). The molecular weight excluding hydrogens is 360 g/mol. The highest BCUT2D eigenvalue weighted by atomic mass is 35.5. The second-order valence-electron chi connectivity index (χ2n) is 5.40. The van der Waals surface area contributed by atoms with Crippen LogP contribution in [-0.4, -0.2) is 27.1 Å². The van der Waals surface area contributed by atoms with E-state index in [4.69, 9.17) is 16.7 Å². The third kappa shape index (κ3) is 3.81. The van der Waals surface area contributed by atoms with Crippen LogP contribution in [0.15, 0.2) is 47.5 Å². The van der Waals surface area contributed by atoms with Crippen LogP contribution in [-0.2, 0) is 6.54 Å². The molecular formula is C17H13ClN4O4. The molecule has 26 heavy (non-hydrogen) atoms. The number of hydrogen-bond acceptors (Lipinski definition) is 4. The number of fused-ring (bicyclic) bond motifs is 1. The maximum atomic E-state index is 12.0. The Balaban J connectivity index is 1.85. The minimum atomic E-state index is -1.33. The number of aromatic nitrogens is 2. The summed E-state index contributed by atoms with van der Waals surface area (Å²) in [5, 5.41) is 15.1. The first-order valence-electron chi connectivity index (χ1n) is 7.47. The van der Waals surface area contributed by atoms with Crippen LogP contribution in [0.25, 0.3) is 10.9 Å². The molecule has 0 saturated carbocycles. The van der Waals surface area contributed by atoms with Crippen molar-refractivity contribution in [3.8, 4) is 0 Å². The second kappa shape index (κ2) is 7.24. The van der Waals surface area contributed by atoms with Gasteiger partial charge >= 0.3 is 12.0 Å². The molecule has 1 aromatic carbocycles. The Bertz CT molecular complexity index is 1050.